The second-order valence-electron chi connectivity index (χ2n) is 5.34. The van der Waals surface area contributed by atoms with E-state index < -0.39 is 11.7 Å². The molecule has 1 aliphatic heterocycles. The molecule has 0 aliphatic carbocycles. The molecular formula is C15H18F3N3. The zero-order chi connectivity index (χ0) is 15.5. The minimum atomic E-state index is -4.42. The standard InChI is InChI=1S/C15H18F3N3/c1-11(21-6-2-3-7-21)10-20-14-5-4-13(15(16,17)18)8-12(14)9-19/h4-5,8,11,20H,2-3,6-7,10H2,1H3. The summed E-state index contributed by atoms with van der Waals surface area (Å²) in [5, 5.41) is 12.1. The molecule has 0 aromatic heterocycles. The monoisotopic (exact) mass is 297 g/mol. The summed E-state index contributed by atoms with van der Waals surface area (Å²) in [5.41, 5.74) is -0.313. The van der Waals surface area contributed by atoms with Crippen LogP contribution in [0, 0.1) is 11.3 Å². The first-order valence-electron chi connectivity index (χ1n) is 7.01. The summed E-state index contributed by atoms with van der Waals surface area (Å²) in [7, 11) is 0. The number of likely N-dealkylation sites (tertiary alicyclic amines) is 1. The summed E-state index contributed by atoms with van der Waals surface area (Å²) in [6.07, 6.45) is -2.05. The highest BCUT2D eigenvalue weighted by Crippen LogP contribution is 2.31. The minimum absolute atomic E-state index is 0.0263. The van der Waals surface area contributed by atoms with Crippen LogP contribution in [0.1, 0.15) is 30.9 Å². The van der Waals surface area contributed by atoms with Crippen LogP contribution in [0.25, 0.3) is 0 Å². The summed E-state index contributed by atoms with van der Waals surface area (Å²) in [6, 6.07) is 5.34. The Hall–Kier alpha value is -1.74. The Bertz CT molecular complexity index is 528. The number of hydrogen-bond donors (Lipinski definition) is 1. The molecule has 1 aromatic rings. The average Bonchev–Trinajstić information content (AvgIpc) is 2.97. The molecule has 6 heteroatoms. The maximum Gasteiger partial charge on any atom is 0.416 e. The molecular weight excluding hydrogens is 279 g/mol. The second-order valence-corrected chi connectivity index (χ2v) is 5.34. The lowest BCUT2D eigenvalue weighted by Crippen LogP contribution is -2.35. The van der Waals surface area contributed by atoms with Crippen LogP contribution in [0.15, 0.2) is 18.2 Å². The van der Waals surface area contributed by atoms with Gasteiger partial charge in [-0.2, -0.15) is 18.4 Å². The fourth-order valence-electron chi connectivity index (χ4n) is 2.54. The van der Waals surface area contributed by atoms with Crippen LogP contribution >= 0.6 is 0 Å². The topological polar surface area (TPSA) is 39.1 Å². The first kappa shape index (κ1) is 15.6. The van der Waals surface area contributed by atoms with E-state index in [0.29, 0.717) is 18.3 Å². The number of hydrogen-bond acceptors (Lipinski definition) is 3. The Balaban J connectivity index is 2.04. The van der Waals surface area contributed by atoms with Gasteiger partial charge >= 0.3 is 6.18 Å². The van der Waals surface area contributed by atoms with Gasteiger partial charge in [0.2, 0.25) is 0 Å². The molecule has 1 saturated heterocycles. The first-order chi connectivity index (χ1) is 9.91. The zero-order valence-electron chi connectivity index (χ0n) is 11.9. The normalized spacial score (nSPS) is 17.5. The van der Waals surface area contributed by atoms with Crippen molar-refractivity contribution in [3.05, 3.63) is 29.3 Å². The lowest BCUT2D eigenvalue weighted by Gasteiger charge is -2.24. The molecule has 1 atom stereocenters. The highest BCUT2D eigenvalue weighted by Gasteiger charge is 2.31. The molecule has 3 nitrogen and oxygen atoms in total. The molecule has 1 aliphatic rings. The Morgan fingerprint density at radius 2 is 2.00 bits per heavy atom. The van der Waals surface area contributed by atoms with Crippen molar-refractivity contribution in [2.45, 2.75) is 32.0 Å². The van der Waals surface area contributed by atoms with Crippen molar-refractivity contribution >= 4 is 5.69 Å². The maximum absolute atomic E-state index is 12.6. The predicted octanol–water partition coefficient (Wildman–Crippen LogP) is 3.47. The quantitative estimate of drug-likeness (QED) is 0.925. The van der Waals surface area contributed by atoms with E-state index in [1.165, 1.54) is 18.9 Å². The van der Waals surface area contributed by atoms with Crippen LogP contribution in [-0.2, 0) is 6.18 Å². The minimum Gasteiger partial charge on any atom is -0.382 e. The van der Waals surface area contributed by atoms with Gasteiger partial charge in [0.05, 0.1) is 16.8 Å². The third kappa shape index (κ3) is 3.88. The van der Waals surface area contributed by atoms with Crippen LogP contribution in [0.2, 0.25) is 0 Å². The van der Waals surface area contributed by atoms with Crippen LogP contribution < -0.4 is 5.32 Å². The Labute approximate surface area is 122 Å². The Morgan fingerprint density at radius 1 is 1.33 bits per heavy atom. The molecule has 1 heterocycles. The first-order valence-corrected chi connectivity index (χ1v) is 7.01. The summed E-state index contributed by atoms with van der Waals surface area (Å²) < 4.78 is 37.9. The summed E-state index contributed by atoms with van der Waals surface area (Å²) in [4.78, 5) is 2.34. The van der Waals surface area contributed by atoms with E-state index in [4.69, 9.17) is 5.26 Å². The molecule has 0 amide bonds. The molecule has 1 unspecified atom stereocenters. The number of halogens is 3. The number of alkyl halides is 3. The van der Waals surface area contributed by atoms with Gasteiger partial charge in [-0.15, -0.1) is 0 Å². The third-order valence-corrected chi connectivity index (χ3v) is 3.82. The van der Waals surface area contributed by atoms with E-state index in [0.717, 1.165) is 25.2 Å². The molecule has 0 bridgehead atoms. The van der Waals surface area contributed by atoms with Crippen molar-refractivity contribution in [1.82, 2.24) is 4.90 Å². The van der Waals surface area contributed by atoms with Gasteiger partial charge in [0.25, 0.3) is 0 Å². The summed E-state index contributed by atoms with van der Waals surface area (Å²) in [6.45, 7) is 4.80. The van der Waals surface area contributed by atoms with Crippen LogP contribution in [0.4, 0.5) is 18.9 Å². The van der Waals surface area contributed by atoms with Gasteiger partial charge in [-0.05, 0) is 51.1 Å². The van der Waals surface area contributed by atoms with Gasteiger partial charge in [-0.1, -0.05) is 0 Å². The van der Waals surface area contributed by atoms with Gasteiger partial charge in [0.15, 0.2) is 0 Å². The Morgan fingerprint density at radius 3 is 2.57 bits per heavy atom. The van der Waals surface area contributed by atoms with Crippen molar-refractivity contribution < 1.29 is 13.2 Å². The molecule has 1 N–H and O–H groups in total. The third-order valence-electron chi connectivity index (χ3n) is 3.82. The van der Waals surface area contributed by atoms with E-state index in [9.17, 15) is 13.2 Å². The van der Waals surface area contributed by atoms with E-state index in [-0.39, 0.29) is 5.56 Å². The molecule has 0 saturated carbocycles. The van der Waals surface area contributed by atoms with Gasteiger partial charge in [0, 0.05) is 12.6 Å². The number of anilines is 1. The van der Waals surface area contributed by atoms with Crippen molar-refractivity contribution in [3.63, 3.8) is 0 Å². The fraction of sp³-hybridized carbons (Fsp3) is 0.533. The molecule has 0 radical (unpaired) electrons. The van der Waals surface area contributed by atoms with Gasteiger partial charge in [-0.3, -0.25) is 4.90 Å². The smallest absolute Gasteiger partial charge is 0.382 e. The Kier molecular flexibility index (Phi) is 4.73. The largest absolute Gasteiger partial charge is 0.416 e. The predicted molar refractivity (Wildman–Crippen MR) is 74.9 cm³/mol. The van der Waals surface area contributed by atoms with Crippen molar-refractivity contribution in [3.8, 4) is 6.07 Å². The van der Waals surface area contributed by atoms with Crippen LogP contribution in [0.5, 0.6) is 0 Å². The van der Waals surface area contributed by atoms with Gasteiger partial charge < -0.3 is 5.32 Å². The number of rotatable bonds is 4. The molecule has 114 valence electrons. The second kappa shape index (κ2) is 6.35. The molecule has 21 heavy (non-hydrogen) atoms. The van der Waals surface area contributed by atoms with E-state index >= 15 is 0 Å². The molecule has 1 fully saturated rings. The highest BCUT2D eigenvalue weighted by molar-refractivity contribution is 5.59. The van der Waals surface area contributed by atoms with E-state index in [1.807, 2.05) is 6.07 Å². The molecule has 1 aromatic carbocycles. The van der Waals surface area contributed by atoms with Gasteiger partial charge in [-0.25, -0.2) is 0 Å². The van der Waals surface area contributed by atoms with Crippen LogP contribution in [0.3, 0.4) is 0 Å². The summed E-state index contributed by atoms with van der Waals surface area (Å²) in [5.74, 6) is 0. The summed E-state index contributed by atoms with van der Waals surface area (Å²) >= 11 is 0. The number of benzene rings is 1. The molecule has 2 rings (SSSR count). The lowest BCUT2D eigenvalue weighted by atomic mass is 10.1. The van der Waals surface area contributed by atoms with Gasteiger partial charge in [0.1, 0.15) is 6.07 Å². The number of nitriles is 1. The average molecular weight is 297 g/mol. The SMILES string of the molecule is CC(CNc1ccc(C(F)(F)F)cc1C#N)N1CCCC1. The highest BCUT2D eigenvalue weighted by atomic mass is 19.4. The molecule has 0 spiro atoms. The van der Waals surface area contributed by atoms with Crippen LogP contribution in [-0.4, -0.2) is 30.6 Å². The number of nitrogens with zero attached hydrogens (tertiary/aromatic N) is 2. The number of nitrogens with one attached hydrogen (secondary N) is 1. The van der Waals surface area contributed by atoms with Crippen molar-refractivity contribution in [2.24, 2.45) is 0 Å². The zero-order valence-corrected chi connectivity index (χ0v) is 11.9. The van der Waals surface area contributed by atoms with Crippen molar-refractivity contribution in [2.75, 3.05) is 25.0 Å². The fourth-order valence-corrected chi connectivity index (χ4v) is 2.54. The maximum atomic E-state index is 12.6. The van der Waals surface area contributed by atoms with E-state index in [1.54, 1.807) is 0 Å². The van der Waals surface area contributed by atoms with Crippen molar-refractivity contribution in [1.29, 1.82) is 5.26 Å². The van der Waals surface area contributed by atoms with E-state index in [2.05, 4.69) is 17.1 Å². The lowest BCUT2D eigenvalue weighted by molar-refractivity contribution is -0.137.